The van der Waals surface area contributed by atoms with Gasteiger partial charge < -0.3 is 26.2 Å². The Morgan fingerprint density at radius 3 is 2.44 bits per heavy atom. The monoisotopic (exact) mass is 450 g/mol. The predicted molar refractivity (Wildman–Crippen MR) is 116 cm³/mol. The third-order valence-electron chi connectivity index (χ3n) is 4.79. The number of hydrogen-bond donors (Lipinski definition) is 6. The molecule has 7 N–H and O–H groups in total. The van der Waals surface area contributed by atoms with E-state index in [1.807, 2.05) is 0 Å². The van der Waals surface area contributed by atoms with Crippen LogP contribution in [0.5, 0.6) is 0 Å². The Labute approximate surface area is 203 Å². The summed E-state index contributed by atoms with van der Waals surface area (Å²) in [6.45, 7) is 0. The molecule has 0 fully saturated rings. The summed E-state index contributed by atoms with van der Waals surface area (Å²) in [5, 5.41) is 20.6. The summed E-state index contributed by atoms with van der Waals surface area (Å²) in [5.74, 6) is -3.00. The van der Waals surface area contributed by atoms with Crippen LogP contribution in [0.25, 0.3) is 11.0 Å². The van der Waals surface area contributed by atoms with Gasteiger partial charge in [0, 0.05) is 47.7 Å². The number of aromatic nitrogens is 3. The molecule has 2 heterocycles. The number of fused-ring (bicyclic) bond motifs is 1. The van der Waals surface area contributed by atoms with Gasteiger partial charge in [0.25, 0.3) is 11.5 Å². The second-order valence-corrected chi connectivity index (χ2v) is 6.98. The van der Waals surface area contributed by atoms with Crippen LogP contribution in [0, 0.1) is 0 Å². The summed E-state index contributed by atoms with van der Waals surface area (Å²) in [7, 11) is 0. The largest absolute Gasteiger partial charge is 0.481 e. The van der Waals surface area contributed by atoms with Crippen molar-refractivity contribution in [3.8, 4) is 0 Å². The molecule has 0 aliphatic heterocycles. The van der Waals surface area contributed by atoms with Crippen molar-refractivity contribution in [1.29, 1.82) is 0 Å². The van der Waals surface area contributed by atoms with Gasteiger partial charge in [0.15, 0.2) is 0 Å². The van der Waals surface area contributed by atoms with E-state index >= 15 is 0 Å². The molecular weight excluding hydrogens is 429 g/mol. The molecule has 0 spiro atoms. The van der Waals surface area contributed by atoms with Gasteiger partial charge in [0.05, 0.1) is 5.39 Å². The number of hydrogen-bond acceptors (Lipinski definition) is 6. The fraction of sp³-hybridized carbons (Fsp3) is 0.250. The van der Waals surface area contributed by atoms with Gasteiger partial charge in [0.1, 0.15) is 11.7 Å². The number of nitrogens with two attached hydrogens (primary N) is 1. The molecule has 0 bridgehead atoms. The van der Waals surface area contributed by atoms with Crippen molar-refractivity contribution in [2.45, 2.75) is 31.7 Å². The van der Waals surface area contributed by atoms with Gasteiger partial charge in [0.2, 0.25) is 5.95 Å². The molecule has 2 aromatic heterocycles. The maximum Gasteiger partial charge on any atom is 0.326 e. The zero-order chi connectivity index (χ0) is 22.5. The van der Waals surface area contributed by atoms with E-state index in [1.54, 1.807) is 30.5 Å². The van der Waals surface area contributed by atoms with Gasteiger partial charge >= 0.3 is 11.9 Å². The number of aliphatic carboxylic acids is 2. The minimum atomic E-state index is -1.30. The third-order valence-corrected chi connectivity index (χ3v) is 4.79. The first-order valence-corrected chi connectivity index (χ1v) is 9.44. The van der Waals surface area contributed by atoms with Gasteiger partial charge in [-0.3, -0.25) is 19.4 Å². The van der Waals surface area contributed by atoms with Crippen molar-refractivity contribution >= 4 is 64.4 Å². The van der Waals surface area contributed by atoms with Crippen LogP contribution in [0.1, 0.15) is 34.3 Å². The fourth-order valence-corrected chi connectivity index (χ4v) is 3.19. The second-order valence-electron chi connectivity index (χ2n) is 6.98. The molecule has 32 heavy (non-hydrogen) atoms. The van der Waals surface area contributed by atoms with Crippen LogP contribution >= 0.6 is 0 Å². The zero-order valence-electron chi connectivity index (χ0n) is 17.3. The second kappa shape index (κ2) is 10.9. The van der Waals surface area contributed by atoms with Gasteiger partial charge in [-0.2, -0.15) is 4.98 Å². The Morgan fingerprint density at radius 1 is 1.12 bits per heavy atom. The van der Waals surface area contributed by atoms with Crippen LogP contribution < -0.4 is 16.6 Å². The molecule has 0 saturated carbocycles. The summed E-state index contributed by atoms with van der Waals surface area (Å²) in [6.07, 6.45) is 2.27. The molecule has 1 aromatic carbocycles. The molecule has 1 amide bonds. The van der Waals surface area contributed by atoms with E-state index in [4.69, 9.17) is 15.9 Å². The maximum atomic E-state index is 12.3. The minimum Gasteiger partial charge on any atom is -0.481 e. The van der Waals surface area contributed by atoms with Crippen molar-refractivity contribution in [3.05, 3.63) is 57.5 Å². The molecule has 11 nitrogen and oxygen atoms in total. The number of nitrogen functional groups attached to an aromatic ring is 1. The van der Waals surface area contributed by atoms with E-state index in [0.29, 0.717) is 23.9 Å². The standard InChI is InChI=1S/C20H21N5O6.Na/c21-20-24-16-15(18(29)25-20)12(9-22-16)6-3-10-1-4-11(5-2-10)17(28)23-13(19(30)31)7-8-14(26)27;/h1-2,4-5,9,13H,3,6-8H2,(H,23,28)(H,26,27)(H,30,31)(H4,21,22,24,25,29);/t13-;/m0./s1. The van der Waals surface area contributed by atoms with Crippen LogP contribution in [0.4, 0.5) is 5.95 Å². The Bertz CT molecular complexity index is 1190. The molecule has 163 valence electrons. The summed E-state index contributed by atoms with van der Waals surface area (Å²) in [6, 6.07) is 5.30. The number of aryl methyl sites for hydroxylation is 2. The zero-order valence-corrected chi connectivity index (χ0v) is 19.3. The minimum absolute atomic E-state index is 0. The van der Waals surface area contributed by atoms with Crippen LogP contribution in [-0.2, 0) is 22.4 Å². The Kier molecular flexibility index (Phi) is 8.58. The number of nitrogens with zero attached hydrogens (tertiary/aromatic N) is 1. The first-order valence-electron chi connectivity index (χ1n) is 9.44. The Balaban J connectivity index is 0.00000363. The van der Waals surface area contributed by atoms with Gasteiger partial charge in [-0.1, -0.05) is 12.1 Å². The van der Waals surface area contributed by atoms with Crippen molar-refractivity contribution in [1.82, 2.24) is 20.3 Å². The van der Waals surface area contributed by atoms with Gasteiger partial charge in [-0.15, -0.1) is 0 Å². The van der Waals surface area contributed by atoms with Crippen LogP contribution in [0.2, 0.25) is 0 Å². The molecule has 3 rings (SSSR count). The average molecular weight is 450 g/mol. The van der Waals surface area contributed by atoms with E-state index in [1.165, 1.54) is 0 Å². The van der Waals surface area contributed by atoms with Crippen molar-refractivity contribution in [2.24, 2.45) is 0 Å². The first-order chi connectivity index (χ1) is 14.7. The van der Waals surface area contributed by atoms with E-state index in [0.717, 1.165) is 11.1 Å². The quantitative estimate of drug-likeness (QED) is 0.250. The predicted octanol–water partition coefficient (Wildman–Crippen LogP) is 0.286. The smallest absolute Gasteiger partial charge is 0.326 e. The summed E-state index contributed by atoms with van der Waals surface area (Å²) in [4.78, 5) is 55.7. The molecular formula is C20H21N5NaO6. The van der Waals surface area contributed by atoms with E-state index in [2.05, 4.69) is 20.3 Å². The molecule has 0 aliphatic rings. The van der Waals surface area contributed by atoms with Gasteiger partial charge in [-0.05, 0) is 42.5 Å². The number of aromatic amines is 2. The third kappa shape index (κ3) is 6.19. The van der Waals surface area contributed by atoms with Gasteiger partial charge in [-0.25, -0.2) is 4.79 Å². The first kappa shape index (κ1) is 25.1. The average Bonchev–Trinajstić information content (AvgIpc) is 3.12. The number of H-pyrrole nitrogens is 2. The number of carbonyl (C=O) groups is 3. The molecule has 3 aromatic rings. The summed E-state index contributed by atoms with van der Waals surface area (Å²) in [5.41, 5.74) is 7.59. The topological polar surface area (TPSA) is 191 Å². The van der Waals surface area contributed by atoms with E-state index in [9.17, 15) is 19.2 Å². The van der Waals surface area contributed by atoms with Crippen molar-refractivity contribution in [3.63, 3.8) is 0 Å². The molecule has 1 radical (unpaired) electrons. The number of rotatable bonds is 9. The maximum absolute atomic E-state index is 12.3. The Morgan fingerprint density at radius 2 is 1.81 bits per heavy atom. The number of benzene rings is 1. The Hall–Kier alpha value is -3.15. The normalized spacial score (nSPS) is 11.5. The van der Waals surface area contributed by atoms with Crippen molar-refractivity contribution < 1.29 is 24.6 Å². The summed E-state index contributed by atoms with van der Waals surface area (Å²) < 4.78 is 0. The van der Waals surface area contributed by atoms with Crippen molar-refractivity contribution in [2.75, 3.05) is 5.73 Å². The van der Waals surface area contributed by atoms with Crippen LogP contribution in [0.3, 0.4) is 0 Å². The number of anilines is 1. The van der Waals surface area contributed by atoms with E-state index in [-0.39, 0.29) is 59.5 Å². The van der Waals surface area contributed by atoms with Crippen LogP contribution in [-0.4, -0.2) is 78.6 Å². The molecule has 12 heteroatoms. The number of carbonyl (C=O) groups excluding carboxylic acids is 1. The molecule has 0 unspecified atom stereocenters. The number of amides is 1. The van der Waals surface area contributed by atoms with E-state index < -0.39 is 23.9 Å². The summed E-state index contributed by atoms with van der Waals surface area (Å²) >= 11 is 0. The molecule has 0 aliphatic carbocycles. The number of carboxylic acids is 2. The molecule has 1 atom stereocenters. The number of nitrogens with one attached hydrogen (secondary N) is 3. The molecule has 0 saturated heterocycles. The SMILES string of the molecule is Nc1nc2[nH]cc(CCc3ccc(C(=O)N[C@@H](CCC(=O)O)C(=O)O)cc3)c2c(=O)[nH]1.[Na]. The number of carboxylic acid groups (broad SMARTS) is 2. The fourth-order valence-electron chi connectivity index (χ4n) is 3.19. The van der Waals surface area contributed by atoms with Crippen LogP contribution in [0.15, 0.2) is 35.3 Å².